The average Bonchev–Trinajstić information content (AvgIpc) is 2.73. The summed E-state index contributed by atoms with van der Waals surface area (Å²) in [7, 11) is 1.74. The largest absolute Gasteiger partial charge is 0.325 e. The second-order valence-corrected chi connectivity index (χ2v) is 6.92. The third-order valence-corrected chi connectivity index (χ3v) is 4.58. The van der Waals surface area contributed by atoms with Gasteiger partial charge in [-0.15, -0.1) is 0 Å². The molecule has 2 N–H and O–H groups in total. The minimum absolute atomic E-state index is 0.102. The molecule has 5 nitrogen and oxygen atoms in total. The molecule has 0 aromatic heterocycles. The van der Waals surface area contributed by atoms with Crippen molar-refractivity contribution in [2.45, 2.75) is 39.0 Å². The van der Waals surface area contributed by atoms with Crippen molar-refractivity contribution in [3.8, 4) is 0 Å². The quantitative estimate of drug-likeness (QED) is 0.565. The van der Waals surface area contributed by atoms with E-state index in [1.807, 2.05) is 30.3 Å². The van der Waals surface area contributed by atoms with Gasteiger partial charge in [0.2, 0.25) is 5.91 Å². The van der Waals surface area contributed by atoms with E-state index in [-0.39, 0.29) is 18.4 Å². The molecular formula is C23H31N3O2. The van der Waals surface area contributed by atoms with Gasteiger partial charge in [0.25, 0.3) is 5.91 Å². The first kappa shape index (κ1) is 21.6. The Morgan fingerprint density at radius 2 is 1.68 bits per heavy atom. The number of hydrogen-bond acceptors (Lipinski definition) is 3. The lowest BCUT2D eigenvalue weighted by Gasteiger charge is -2.17. The van der Waals surface area contributed by atoms with E-state index < -0.39 is 0 Å². The lowest BCUT2D eigenvalue weighted by atomic mass is 10.1. The molecule has 0 aliphatic carbocycles. The highest BCUT2D eigenvalue weighted by molar-refractivity contribution is 6.06. The van der Waals surface area contributed by atoms with Crippen molar-refractivity contribution in [3.05, 3.63) is 60.2 Å². The second-order valence-electron chi connectivity index (χ2n) is 6.92. The molecule has 5 heteroatoms. The Bertz CT molecular complexity index is 747. The molecule has 0 unspecified atom stereocenters. The number of carbonyl (C=O) groups excluding carboxylic acids is 2. The molecule has 0 spiro atoms. The fourth-order valence-electron chi connectivity index (χ4n) is 2.95. The Hall–Kier alpha value is -2.66. The number of hydrogen-bond donors (Lipinski definition) is 2. The van der Waals surface area contributed by atoms with E-state index in [9.17, 15) is 9.59 Å². The van der Waals surface area contributed by atoms with Gasteiger partial charge in [0.1, 0.15) is 0 Å². The van der Waals surface area contributed by atoms with Crippen LogP contribution in [0.4, 0.5) is 11.4 Å². The predicted octanol–water partition coefficient (Wildman–Crippen LogP) is 4.46. The summed E-state index contributed by atoms with van der Waals surface area (Å²) in [6, 6.07) is 16.5. The summed E-state index contributed by atoms with van der Waals surface area (Å²) in [5.41, 5.74) is 1.99. The third kappa shape index (κ3) is 7.16. The number of rotatable bonds is 11. The van der Waals surface area contributed by atoms with Crippen molar-refractivity contribution in [3.63, 3.8) is 0 Å². The number of anilines is 2. The van der Waals surface area contributed by atoms with Gasteiger partial charge in [-0.25, -0.2) is 0 Å². The predicted molar refractivity (Wildman–Crippen MR) is 116 cm³/mol. The van der Waals surface area contributed by atoms with Crippen LogP contribution in [-0.2, 0) is 4.79 Å². The number of benzene rings is 2. The molecule has 0 saturated carbocycles. The molecule has 2 aromatic carbocycles. The molecule has 0 aliphatic rings. The maximum Gasteiger partial charge on any atom is 0.258 e. The van der Waals surface area contributed by atoms with Gasteiger partial charge in [-0.05, 0) is 43.3 Å². The van der Waals surface area contributed by atoms with Crippen LogP contribution >= 0.6 is 0 Å². The summed E-state index contributed by atoms with van der Waals surface area (Å²) in [4.78, 5) is 26.4. The van der Waals surface area contributed by atoms with Crippen molar-refractivity contribution in [2.24, 2.45) is 0 Å². The highest BCUT2D eigenvalue weighted by Crippen LogP contribution is 2.17. The molecule has 150 valence electrons. The van der Waals surface area contributed by atoms with Crippen molar-refractivity contribution < 1.29 is 9.59 Å². The third-order valence-electron chi connectivity index (χ3n) is 4.58. The number of amides is 2. The molecule has 0 radical (unpaired) electrons. The van der Waals surface area contributed by atoms with Crippen LogP contribution in [-0.4, -0.2) is 32.0 Å². The van der Waals surface area contributed by atoms with E-state index in [0.717, 1.165) is 18.7 Å². The van der Waals surface area contributed by atoms with E-state index in [1.165, 1.54) is 25.7 Å². The van der Waals surface area contributed by atoms with Crippen LogP contribution < -0.4 is 15.5 Å². The number of nitrogens with zero attached hydrogens (tertiary/aromatic N) is 1. The first-order valence-corrected chi connectivity index (χ1v) is 10.1. The highest BCUT2D eigenvalue weighted by atomic mass is 16.2. The van der Waals surface area contributed by atoms with E-state index in [0.29, 0.717) is 11.3 Å². The maximum absolute atomic E-state index is 12.7. The van der Waals surface area contributed by atoms with Crippen molar-refractivity contribution in [2.75, 3.05) is 30.4 Å². The molecular weight excluding hydrogens is 350 g/mol. The standard InChI is InChI=1S/C23H31N3O2/c1-3-4-5-6-10-16-24-18-22(27)25-20-13-11-12-19(17-20)23(28)26(2)21-14-8-7-9-15-21/h7-9,11-15,17,24H,3-6,10,16,18H2,1-2H3,(H,25,27). The van der Waals surface area contributed by atoms with Crippen LogP contribution in [0.3, 0.4) is 0 Å². The minimum Gasteiger partial charge on any atom is -0.325 e. The van der Waals surface area contributed by atoms with Gasteiger partial charge in [-0.2, -0.15) is 0 Å². The fraction of sp³-hybridized carbons (Fsp3) is 0.391. The lowest BCUT2D eigenvalue weighted by molar-refractivity contribution is -0.115. The summed E-state index contributed by atoms with van der Waals surface area (Å²) in [6.07, 6.45) is 6.04. The Balaban J connectivity index is 1.82. The van der Waals surface area contributed by atoms with Gasteiger partial charge in [-0.3, -0.25) is 9.59 Å². The molecule has 0 atom stereocenters. The Kier molecular flexibility index (Phi) is 9.22. The topological polar surface area (TPSA) is 61.4 Å². The SMILES string of the molecule is CCCCCCCNCC(=O)Nc1cccc(C(=O)N(C)c2ccccc2)c1. The number of carbonyl (C=O) groups is 2. The van der Waals surface area contributed by atoms with Gasteiger partial charge in [0, 0.05) is 24.0 Å². The first-order chi connectivity index (χ1) is 13.6. The number of para-hydroxylation sites is 1. The maximum atomic E-state index is 12.7. The van der Waals surface area contributed by atoms with Crippen molar-refractivity contribution in [1.29, 1.82) is 0 Å². The zero-order valence-corrected chi connectivity index (χ0v) is 16.9. The van der Waals surface area contributed by atoms with Crippen LogP contribution in [0.2, 0.25) is 0 Å². The number of unbranched alkanes of at least 4 members (excludes halogenated alkanes) is 4. The second kappa shape index (κ2) is 11.9. The van der Waals surface area contributed by atoms with Gasteiger partial charge in [0.15, 0.2) is 0 Å². The van der Waals surface area contributed by atoms with E-state index in [4.69, 9.17) is 0 Å². The highest BCUT2D eigenvalue weighted by Gasteiger charge is 2.14. The Labute approximate surface area is 168 Å². The van der Waals surface area contributed by atoms with E-state index >= 15 is 0 Å². The van der Waals surface area contributed by atoms with Gasteiger partial charge < -0.3 is 15.5 Å². The van der Waals surface area contributed by atoms with Crippen LogP contribution in [0, 0.1) is 0 Å². The summed E-state index contributed by atoms with van der Waals surface area (Å²) in [6.45, 7) is 3.32. The normalized spacial score (nSPS) is 10.5. The van der Waals surface area contributed by atoms with Crippen molar-refractivity contribution >= 4 is 23.2 Å². The van der Waals surface area contributed by atoms with Crippen LogP contribution in [0.15, 0.2) is 54.6 Å². The molecule has 2 amide bonds. The van der Waals surface area contributed by atoms with Crippen molar-refractivity contribution in [1.82, 2.24) is 5.32 Å². The van der Waals surface area contributed by atoms with Crippen LogP contribution in [0.5, 0.6) is 0 Å². The van der Waals surface area contributed by atoms with Crippen LogP contribution in [0.25, 0.3) is 0 Å². The molecule has 0 saturated heterocycles. The fourth-order valence-corrected chi connectivity index (χ4v) is 2.95. The monoisotopic (exact) mass is 381 g/mol. The molecule has 0 aliphatic heterocycles. The van der Waals surface area contributed by atoms with E-state index in [2.05, 4.69) is 17.6 Å². The van der Waals surface area contributed by atoms with Gasteiger partial charge >= 0.3 is 0 Å². The summed E-state index contributed by atoms with van der Waals surface area (Å²) < 4.78 is 0. The zero-order valence-electron chi connectivity index (χ0n) is 16.9. The van der Waals surface area contributed by atoms with Crippen LogP contribution in [0.1, 0.15) is 49.4 Å². The molecule has 0 heterocycles. The lowest BCUT2D eigenvalue weighted by Crippen LogP contribution is -2.29. The Morgan fingerprint density at radius 1 is 0.929 bits per heavy atom. The molecule has 2 aromatic rings. The smallest absolute Gasteiger partial charge is 0.258 e. The summed E-state index contributed by atoms with van der Waals surface area (Å²) >= 11 is 0. The molecule has 28 heavy (non-hydrogen) atoms. The zero-order chi connectivity index (χ0) is 20.2. The Morgan fingerprint density at radius 3 is 2.43 bits per heavy atom. The van der Waals surface area contributed by atoms with Gasteiger partial charge in [0.05, 0.1) is 6.54 Å². The molecule has 2 rings (SSSR count). The summed E-state index contributed by atoms with van der Waals surface area (Å²) in [5.74, 6) is -0.220. The van der Waals surface area contributed by atoms with E-state index in [1.54, 1.807) is 36.2 Å². The average molecular weight is 382 g/mol. The number of nitrogens with one attached hydrogen (secondary N) is 2. The minimum atomic E-state index is -0.118. The molecule has 0 bridgehead atoms. The first-order valence-electron chi connectivity index (χ1n) is 10.1. The molecule has 0 fully saturated rings. The summed E-state index contributed by atoms with van der Waals surface area (Å²) in [5, 5.41) is 6.03. The van der Waals surface area contributed by atoms with Gasteiger partial charge in [-0.1, -0.05) is 56.9 Å².